The number of aliphatic carboxylic acids is 1. The molecule has 0 aromatic heterocycles. The fraction of sp³-hybridized carbons (Fsp3) is 0.435. The summed E-state index contributed by atoms with van der Waals surface area (Å²) in [4.78, 5) is 11.6. The van der Waals surface area contributed by atoms with Crippen LogP contribution in [0.25, 0.3) is 0 Å². The molecule has 1 aliphatic rings. The molecule has 0 saturated heterocycles. The molecule has 8 nitrogen and oxygen atoms in total. The van der Waals surface area contributed by atoms with Crippen molar-refractivity contribution in [2.24, 2.45) is 0 Å². The average Bonchev–Trinajstić information content (AvgIpc) is 3.29. The van der Waals surface area contributed by atoms with Crippen molar-refractivity contribution in [2.75, 3.05) is 21.3 Å². The molecule has 1 aliphatic carbocycles. The number of ether oxygens (including phenoxy) is 4. The summed E-state index contributed by atoms with van der Waals surface area (Å²) in [6.07, 6.45) is 3.26. The quantitative estimate of drug-likeness (QED) is 0.456. The van der Waals surface area contributed by atoms with Crippen LogP contribution in [0.1, 0.15) is 42.9 Å². The van der Waals surface area contributed by atoms with Gasteiger partial charge in [0.25, 0.3) is 0 Å². The van der Waals surface area contributed by atoms with Gasteiger partial charge in [-0.25, -0.2) is 8.42 Å². The Morgan fingerprint density at radius 2 is 1.70 bits per heavy atom. The molecule has 1 atom stereocenters. The van der Waals surface area contributed by atoms with Crippen molar-refractivity contribution in [3.63, 3.8) is 0 Å². The minimum absolute atomic E-state index is 0.00604. The number of hydrogen-bond donors (Lipinski definition) is 1. The molecule has 0 aliphatic heterocycles. The highest BCUT2D eigenvalue weighted by atomic mass is 79.9. The van der Waals surface area contributed by atoms with Gasteiger partial charge in [-0.05, 0) is 71.4 Å². The van der Waals surface area contributed by atoms with E-state index in [0.717, 1.165) is 25.7 Å². The van der Waals surface area contributed by atoms with Crippen LogP contribution in [0.5, 0.6) is 23.0 Å². The number of sulfone groups is 1. The Hall–Kier alpha value is -2.46. The Kier molecular flexibility index (Phi) is 8.12. The van der Waals surface area contributed by atoms with Crippen molar-refractivity contribution >= 4 is 31.7 Å². The molecule has 1 N–H and O–H groups in total. The van der Waals surface area contributed by atoms with E-state index < -0.39 is 27.5 Å². The molecule has 1 fully saturated rings. The van der Waals surface area contributed by atoms with E-state index >= 15 is 0 Å². The smallest absolute Gasteiger partial charge is 0.305 e. The lowest BCUT2D eigenvalue weighted by molar-refractivity contribution is -0.137. The van der Waals surface area contributed by atoms with E-state index in [9.17, 15) is 18.3 Å². The largest absolute Gasteiger partial charge is 0.493 e. The summed E-state index contributed by atoms with van der Waals surface area (Å²) in [6.45, 7) is 0. The Morgan fingerprint density at radius 1 is 1.03 bits per heavy atom. The number of methoxy groups -OCH3 is 3. The Labute approximate surface area is 201 Å². The van der Waals surface area contributed by atoms with Crippen LogP contribution in [-0.4, -0.2) is 46.9 Å². The van der Waals surface area contributed by atoms with E-state index in [-0.39, 0.29) is 22.3 Å². The zero-order valence-corrected chi connectivity index (χ0v) is 21.1. The second kappa shape index (κ2) is 10.6. The molecule has 2 aromatic carbocycles. The average molecular weight is 543 g/mol. The zero-order chi connectivity index (χ0) is 24.2. The molecule has 0 amide bonds. The fourth-order valence-electron chi connectivity index (χ4n) is 3.97. The maximum Gasteiger partial charge on any atom is 0.305 e. The lowest BCUT2D eigenvalue weighted by atomic mass is 10.1. The van der Waals surface area contributed by atoms with Gasteiger partial charge in [-0.2, -0.15) is 0 Å². The molecule has 3 rings (SSSR count). The van der Waals surface area contributed by atoms with E-state index in [4.69, 9.17) is 18.9 Å². The second-order valence-electron chi connectivity index (χ2n) is 7.71. The Bertz CT molecular complexity index is 1110. The minimum atomic E-state index is -4.13. The zero-order valence-electron chi connectivity index (χ0n) is 18.7. The first-order valence-electron chi connectivity index (χ1n) is 10.4. The highest BCUT2D eigenvalue weighted by Gasteiger charge is 2.34. The summed E-state index contributed by atoms with van der Waals surface area (Å²) in [5.41, 5.74) is 0.260. The molecule has 2 aromatic rings. The molecule has 0 heterocycles. The van der Waals surface area contributed by atoms with Crippen LogP contribution in [0, 0.1) is 0 Å². The highest BCUT2D eigenvalue weighted by molar-refractivity contribution is 9.10. The molecule has 180 valence electrons. The summed E-state index contributed by atoms with van der Waals surface area (Å²) >= 11 is 3.35. The summed E-state index contributed by atoms with van der Waals surface area (Å²) in [6, 6.07) is 7.36. The summed E-state index contributed by atoms with van der Waals surface area (Å²) in [5, 5.41) is 8.14. The van der Waals surface area contributed by atoms with Gasteiger partial charge in [0.05, 0.1) is 43.2 Å². The van der Waals surface area contributed by atoms with Crippen molar-refractivity contribution in [3.8, 4) is 23.0 Å². The molecule has 1 saturated carbocycles. The van der Waals surface area contributed by atoms with Crippen molar-refractivity contribution in [2.45, 2.75) is 48.4 Å². The van der Waals surface area contributed by atoms with Gasteiger partial charge in [0, 0.05) is 6.07 Å². The predicted octanol–water partition coefficient (Wildman–Crippen LogP) is 4.79. The van der Waals surface area contributed by atoms with Gasteiger partial charge in [-0.1, -0.05) is 0 Å². The van der Waals surface area contributed by atoms with Crippen molar-refractivity contribution in [1.29, 1.82) is 0 Å². The van der Waals surface area contributed by atoms with E-state index in [0.29, 0.717) is 21.7 Å². The monoisotopic (exact) mass is 542 g/mol. The first-order chi connectivity index (χ1) is 15.7. The molecular formula is C23H27BrO8S. The van der Waals surface area contributed by atoms with Crippen LogP contribution < -0.4 is 18.9 Å². The molecule has 10 heteroatoms. The summed E-state index contributed by atoms with van der Waals surface area (Å²) in [7, 11) is 0.237. The Morgan fingerprint density at radius 3 is 2.27 bits per heavy atom. The third-order valence-corrected chi connectivity index (χ3v) is 8.31. The third-order valence-electron chi connectivity index (χ3n) is 5.62. The van der Waals surface area contributed by atoms with E-state index in [1.165, 1.54) is 51.7 Å². The number of carboxylic acids is 1. The van der Waals surface area contributed by atoms with Crippen LogP contribution >= 0.6 is 15.9 Å². The number of carboxylic acid groups (broad SMARTS) is 1. The van der Waals surface area contributed by atoms with Gasteiger partial charge in [0.2, 0.25) is 0 Å². The van der Waals surface area contributed by atoms with Crippen molar-refractivity contribution < 1.29 is 37.3 Å². The SMILES string of the molecule is COc1ccc(S(=O)(=O)C(CC(=O)O)c2cc(Br)c(OC)c(OC)c2)cc1OC1CCCC1. The predicted molar refractivity (Wildman–Crippen MR) is 125 cm³/mol. The molecule has 0 radical (unpaired) electrons. The first-order valence-corrected chi connectivity index (χ1v) is 12.8. The van der Waals surface area contributed by atoms with Gasteiger partial charge in [-0.15, -0.1) is 0 Å². The number of rotatable bonds is 10. The van der Waals surface area contributed by atoms with Gasteiger partial charge in [-0.3, -0.25) is 4.79 Å². The number of benzene rings is 2. The topological polar surface area (TPSA) is 108 Å². The van der Waals surface area contributed by atoms with Crippen LogP contribution in [-0.2, 0) is 14.6 Å². The maximum absolute atomic E-state index is 13.7. The van der Waals surface area contributed by atoms with Crippen LogP contribution in [0.15, 0.2) is 39.7 Å². The van der Waals surface area contributed by atoms with Gasteiger partial charge in [0.15, 0.2) is 32.8 Å². The van der Waals surface area contributed by atoms with Gasteiger partial charge in [0.1, 0.15) is 5.25 Å². The van der Waals surface area contributed by atoms with Crippen molar-refractivity contribution in [3.05, 3.63) is 40.4 Å². The van der Waals surface area contributed by atoms with Crippen LogP contribution in [0.4, 0.5) is 0 Å². The highest BCUT2D eigenvalue weighted by Crippen LogP contribution is 2.43. The van der Waals surface area contributed by atoms with Gasteiger partial charge < -0.3 is 24.1 Å². The van der Waals surface area contributed by atoms with E-state index in [2.05, 4.69) is 15.9 Å². The lowest BCUT2D eigenvalue weighted by Crippen LogP contribution is -2.18. The number of halogens is 1. The molecule has 1 unspecified atom stereocenters. The normalized spacial score (nSPS) is 15.2. The maximum atomic E-state index is 13.7. The summed E-state index contributed by atoms with van der Waals surface area (Å²) in [5.74, 6) is 0.167. The third kappa shape index (κ3) is 5.55. The van der Waals surface area contributed by atoms with Crippen LogP contribution in [0.2, 0.25) is 0 Å². The molecule has 0 spiro atoms. The number of hydrogen-bond acceptors (Lipinski definition) is 7. The number of carbonyl (C=O) groups is 1. The first kappa shape index (κ1) is 25.2. The van der Waals surface area contributed by atoms with E-state index in [1.54, 1.807) is 0 Å². The molecule has 33 heavy (non-hydrogen) atoms. The minimum Gasteiger partial charge on any atom is -0.493 e. The van der Waals surface area contributed by atoms with Gasteiger partial charge >= 0.3 is 5.97 Å². The van der Waals surface area contributed by atoms with E-state index in [1.807, 2.05) is 0 Å². The Balaban J connectivity index is 2.08. The molecule has 0 bridgehead atoms. The molecular weight excluding hydrogens is 516 g/mol. The lowest BCUT2D eigenvalue weighted by Gasteiger charge is -2.21. The van der Waals surface area contributed by atoms with Crippen molar-refractivity contribution in [1.82, 2.24) is 0 Å². The van der Waals surface area contributed by atoms with Crippen LogP contribution in [0.3, 0.4) is 0 Å². The second-order valence-corrected chi connectivity index (χ2v) is 10.7. The standard InChI is InChI=1S/C23H27BrO8S/c1-29-18-9-8-16(12-19(18)32-15-6-4-5-7-15)33(27,28)21(13-22(25)26)14-10-17(24)23(31-3)20(11-14)30-2/h8-12,15,21H,4-7,13H2,1-3H3,(H,25,26). The summed E-state index contributed by atoms with van der Waals surface area (Å²) < 4.78 is 49.8. The fourth-order valence-corrected chi connectivity index (χ4v) is 6.30.